The SMILES string of the molecule is Bc1cnc(N(C(=O)O)C(=O)OC(C)(C)C)c(-c2nnc(-c3ccccc3)o2)c1. The topological polar surface area (TPSA) is 119 Å². The highest BCUT2D eigenvalue weighted by Gasteiger charge is 2.33. The number of amides is 2. The minimum absolute atomic E-state index is 0.0323. The fraction of sp³-hybridized carbons (Fsp3) is 0.211. The van der Waals surface area contributed by atoms with Gasteiger partial charge in [-0.3, -0.25) is 0 Å². The number of rotatable bonds is 3. The maximum atomic E-state index is 12.5. The van der Waals surface area contributed by atoms with Gasteiger partial charge in [-0.1, -0.05) is 29.7 Å². The van der Waals surface area contributed by atoms with Gasteiger partial charge in [0.05, 0.1) is 5.56 Å². The molecule has 0 saturated heterocycles. The van der Waals surface area contributed by atoms with Gasteiger partial charge in [-0.05, 0) is 32.9 Å². The molecule has 0 bridgehead atoms. The van der Waals surface area contributed by atoms with Crippen LogP contribution in [0.1, 0.15) is 20.8 Å². The normalized spacial score (nSPS) is 11.1. The molecule has 29 heavy (non-hydrogen) atoms. The van der Waals surface area contributed by atoms with Gasteiger partial charge in [-0.15, -0.1) is 10.2 Å². The van der Waals surface area contributed by atoms with Crippen molar-refractivity contribution in [2.24, 2.45) is 0 Å². The summed E-state index contributed by atoms with van der Waals surface area (Å²) in [7, 11) is 1.77. The van der Waals surface area contributed by atoms with E-state index in [2.05, 4.69) is 15.2 Å². The summed E-state index contributed by atoms with van der Waals surface area (Å²) in [5.74, 6) is 0.109. The molecule has 0 saturated carbocycles. The van der Waals surface area contributed by atoms with Crippen LogP contribution in [0.5, 0.6) is 0 Å². The predicted octanol–water partition coefficient (Wildman–Crippen LogP) is 2.48. The van der Waals surface area contributed by atoms with Gasteiger partial charge >= 0.3 is 12.2 Å². The maximum Gasteiger partial charge on any atom is 0.425 e. The van der Waals surface area contributed by atoms with E-state index < -0.39 is 17.8 Å². The minimum atomic E-state index is -1.54. The summed E-state index contributed by atoms with van der Waals surface area (Å²) in [4.78, 5) is 28.9. The van der Waals surface area contributed by atoms with Gasteiger partial charge in [0, 0.05) is 11.8 Å². The Balaban J connectivity index is 2.07. The summed E-state index contributed by atoms with van der Waals surface area (Å²) in [6.07, 6.45) is -1.18. The number of carbonyl (C=O) groups is 2. The van der Waals surface area contributed by atoms with Crippen molar-refractivity contribution in [1.29, 1.82) is 0 Å². The zero-order valence-electron chi connectivity index (χ0n) is 16.4. The van der Waals surface area contributed by atoms with E-state index in [0.717, 1.165) is 5.46 Å². The van der Waals surface area contributed by atoms with Crippen LogP contribution in [-0.2, 0) is 4.74 Å². The summed E-state index contributed by atoms with van der Waals surface area (Å²) in [6, 6.07) is 10.7. The summed E-state index contributed by atoms with van der Waals surface area (Å²) in [5, 5.41) is 17.7. The molecule has 0 atom stereocenters. The van der Waals surface area contributed by atoms with Gasteiger partial charge < -0.3 is 14.3 Å². The molecule has 2 heterocycles. The Bertz CT molecular complexity index is 1050. The number of ether oxygens (including phenoxy) is 1. The number of benzene rings is 1. The lowest BCUT2D eigenvalue weighted by molar-refractivity contribution is 0.0581. The van der Waals surface area contributed by atoms with E-state index in [0.29, 0.717) is 10.5 Å². The average molecular weight is 394 g/mol. The first-order valence-electron chi connectivity index (χ1n) is 8.77. The fourth-order valence-electron chi connectivity index (χ4n) is 2.49. The molecule has 1 aromatic carbocycles. The minimum Gasteiger partial charge on any atom is -0.464 e. The quantitative estimate of drug-likeness (QED) is 0.673. The summed E-state index contributed by atoms with van der Waals surface area (Å²) < 4.78 is 10.9. The van der Waals surface area contributed by atoms with Crippen molar-refractivity contribution < 1.29 is 23.8 Å². The lowest BCUT2D eigenvalue weighted by Gasteiger charge is -2.24. The first-order valence-corrected chi connectivity index (χ1v) is 8.77. The van der Waals surface area contributed by atoms with E-state index in [9.17, 15) is 14.7 Å². The van der Waals surface area contributed by atoms with E-state index in [4.69, 9.17) is 9.15 Å². The molecular formula is C19H19BN4O5. The molecule has 0 fully saturated rings. The number of aromatic nitrogens is 3. The molecule has 9 nitrogen and oxygen atoms in total. The first-order chi connectivity index (χ1) is 13.7. The molecule has 0 unspecified atom stereocenters. The molecule has 3 aromatic rings. The molecule has 3 rings (SSSR count). The summed E-state index contributed by atoms with van der Waals surface area (Å²) in [5.41, 5.74) is 0.738. The van der Waals surface area contributed by atoms with E-state index in [1.807, 2.05) is 18.2 Å². The molecule has 10 heteroatoms. The average Bonchev–Trinajstić information content (AvgIpc) is 3.12. The highest BCUT2D eigenvalue weighted by Crippen LogP contribution is 2.30. The number of imide groups is 1. The van der Waals surface area contributed by atoms with Crippen molar-refractivity contribution in [3.8, 4) is 22.9 Å². The maximum absolute atomic E-state index is 12.5. The van der Waals surface area contributed by atoms with Crippen LogP contribution in [0, 0.1) is 0 Å². The Hall–Kier alpha value is -3.69. The highest BCUT2D eigenvalue weighted by atomic mass is 16.6. The Kier molecular flexibility index (Phi) is 5.36. The van der Waals surface area contributed by atoms with Crippen LogP contribution >= 0.6 is 0 Å². The predicted molar refractivity (Wildman–Crippen MR) is 108 cm³/mol. The van der Waals surface area contributed by atoms with Crippen LogP contribution in [0.4, 0.5) is 15.4 Å². The number of nitrogens with zero attached hydrogens (tertiary/aromatic N) is 4. The van der Waals surface area contributed by atoms with Crippen molar-refractivity contribution in [3.05, 3.63) is 42.6 Å². The molecule has 0 spiro atoms. The standard InChI is InChI=1S/C19H19BN4O5/c1-19(2,3)29-18(27)24(17(25)26)14-13(9-12(20)10-21-14)16-23-22-15(28-16)11-7-5-4-6-8-11/h4-10H,20H2,1-3H3,(H,25,26). The molecule has 0 aliphatic carbocycles. The lowest BCUT2D eigenvalue weighted by Crippen LogP contribution is -2.41. The monoisotopic (exact) mass is 394 g/mol. The van der Waals surface area contributed by atoms with E-state index >= 15 is 0 Å². The van der Waals surface area contributed by atoms with Crippen molar-refractivity contribution in [2.75, 3.05) is 4.90 Å². The van der Waals surface area contributed by atoms with E-state index in [-0.39, 0.29) is 23.2 Å². The van der Waals surface area contributed by atoms with E-state index in [1.165, 1.54) is 6.20 Å². The van der Waals surface area contributed by atoms with Crippen molar-refractivity contribution in [1.82, 2.24) is 15.2 Å². The van der Waals surface area contributed by atoms with Crippen molar-refractivity contribution in [3.63, 3.8) is 0 Å². The van der Waals surface area contributed by atoms with Crippen LogP contribution < -0.4 is 10.4 Å². The number of hydrogen-bond donors (Lipinski definition) is 1. The Morgan fingerprint density at radius 2 is 1.79 bits per heavy atom. The molecule has 1 N–H and O–H groups in total. The van der Waals surface area contributed by atoms with Crippen LogP contribution in [-0.4, -0.2) is 45.9 Å². The van der Waals surface area contributed by atoms with Gasteiger partial charge in [0.2, 0.25) is 5.89 Å². The number of carbonyl (C=O) groups excluding carboxylic acids is 1. The highest BCUT2D eigenvalue weighted by molar-refractivity contribution is 6.32. The van der Waals surface area contributed by atoms with Crippen LogP contribution in [0.25, 0.3) is 22.9 Å². The van der Waals surface area contributed by atoms with Gasteiger partial charge in [0.25, 0.3) is 5.89 Å². The summed E-state index contributed by atoms with van der Waals surface area (Å²) >= 11 is 0. The number of anilines is 1. The smallest absolute Gasteiger partial charge is 0.425 e. The second kappa shape index (κ2) is 7.74. The number of carboxylic acid groups (broad SMARTS) is 1. The van der Waals surface area contributed by atoms with Crippen LogP contribution in [0.15, 0.2) is 47.0 Å². The third-order valence-corrected chi connectivity index (χ3v) is 3.66. The van der Waals surface area contributed by atoms with Crippen molar-refractivity contribution in [2.45, 2.75) is 26.4 Å². The summed E-state index contributed by atoms with van der Waals surface area (Å²) in [6.45, 7) is 4.91. The van der Waals surface area contributed by atoms with Crippen molar-refractivity contribution >= 4 is 31.3 Å². The first kappa shape index (κ1) is 20.1. The van der Waals surface area contributed by atoms with E-state index in [1.54, 1.807) is 46.8 Å². The number of hydrogen-bond acceptors (Lipinski definition) is 7. The molecule has 0 radical (unpaired) electrons. The van der Waals surface area contributed by atoms with Gasteiger partial charge in [-0.2, -0.15) is 4.90 Å². The zero-order chi connectivity index (χ0) is 21.2. The third-order valence-electron chi connectivity index (χ3n) is 3.66. The second-order valence-corrected chi connectivity index (χ2v) is 7.26. The largest absolute Gasteiger partial charge is 0.464 e. The molecule has 0 aliphatic rings. The molecule has 0 aliphatic heterocycles. The fourth-order valence-corrected chi connectivity index (χ4v) is 2.49. The molecule has 2 aromatic heterocycles. The molecular weight excluding hydrogens is 375 g/mol. The molecule has 148 valence electrons. The van der Waals surface area contributed by atoms with Crippen LogP contribution in [0.3, 0.4) is 0 Å². The van der Waals surface area contributed by atoms with Gasteiger partial charge in [0.1, 0.15) is 13.4 Å². The third kappa shape index (κ3) is 4.60. The number of pyridine rings is 1. The second-order valence-electron chi connectivity index (χ2n) is 7.26. The zero-order valence-corrected chi connectivity index (χ0v) is 16.4. The molecule has 2 amide bonds. The van der Waals surface area contributed by atoms with Gasteiger partial charge in [0.15, 0.2) is 5.82 Å². The lowest BCUT2D eigenvalue weighted by atomic mass is 9.96. The Labute approximate surface area is 167 Å². The Morgan fingerprint density at radius 3 is 2.41 bits per heavy atom. The van der Waals surface area contributed by atoms with Gasteiger partial charge in [-0.25, -0.2) is 14.6 Å². The Morgan fingerprint density at radius 1 is 1.14 bits per heavy atom. The van der Waals surface area contributed by atoms with Crippen LogP contribution in [0.2, 0.25) is 0 Å².